The van der Waals surface area contributed by atoms with Gasteiger partial charge in [-0.25, -0.2) is 18.7 Å². The first-order valence-corrected chi connectivity index (χ1v) is 12.0. The van der Waals surface area contributed by atoms with Crippen LogP contribution in [0.1, 0.15) is 102 Å². The minimum atomic E-state index is -0.833. The van der Waals surface area contributed by atoms with E-state index in [-0.39, 0.29) is 11.4 Å². The van der Waals surface area contributed by atoms with Gasteiger partial charge in [0.05, 0.1) is 5.56 Å². The van der Waals surface area contributed by atoms with Gasteiger partial charge in [0.2, 0.25) is 0 Å². The highest BCUT2D eigenvalue weighted by molar-refractivity contribution is 5.56. The minimum absolute atomic E-state index is 0.143. The molecule has 0 saturated carbocycles. The first kappa shape index (κ1) is 24.4. The van der Waals surface area contributed by atoms with Crippen LogP contribution in [0.5, 0.6) is 0 Å². The third kappa shape index (κ3) is 8.12. The van der Waals surface area contributed by atoms with Crippen molar-refractivity contribution in [2.45, 2.75) is 104 Å². The van der Waals surface area contributed by atoms with Gasteiger partial charge in [0.1, 0.15) is 0 Å². The van der Waals surface area contributed by atoms with Gasteiger partial charge in [0, 0.05) is 12.4 Å². The second-order valence-electron chi connectivity index (χ2n) is 8.35. The van der Waals surface area contributed by atoms with Crippen LogP contribution in [0, 0.1) is 11.6 Å². The summed E-state index contributed by atoms with van der Waals surface area (Å²) in [5, 5.41) is 0. The van der Waals surface area contributed by atoms with Crippen LogP contribution in [0.4, 0.5) is 8.78 Å². The van der Waals surface area contributed by atoms with Crippen molar-refractivity contribution in [1.29, 1.82) is 0 Å². The summed E-state index contributed by atoms with van der Waals surface area (Å²) in [6.45, 7) is 4.39. The monoisotopic (exact) mass is 416 g/mol. The summed E-state index contributed by atoms with van der Waals surface area (Å²) in [4.78, 5) is 8.60. The summed E-state index contributed by atoms with van der Waals surface area (Å²) in [5.41, 5.74) is 1.64. The van der Waals surface area contributed by atoms with E-state index in [1.165, 1.54) is 51.4 Å². The molecule has 1 heterocycles. The summed E-state index contributed by atoms with van der Waals surface area (Å²) in [6, 6.07) is 3.30. The molecule has 0 N–H and O–H groups in total. The van der Waals surface area contributed by atoms with E-state index in [1.807, 2.05) is 0 Å². The maximum absolute atomic E-state index is 14.6. The van der Waals surface area contributed by atoms with Crippen LogP contribution in [0.2, 0.25) is 0 Å². The molecule has 0 fully saturated rings. The Morgan fingerprint density at radius 1 is 0.633 bits per heavy atom. The molecule has 0 aliphatic heterocycles. The van der Waals surface area contributed by atoms with E-state index in [9.17, 15) is 8.78 Å². The van der Waals surface area contributed by atoms with Gasteiger partial charge in [-0.1, -0.05) is 84.1 Å². The van der Waals surface area contributed by atoms with Crippen molar-refractivity contribution in [2.24, 2.45) is 0 Å². The summed E-state index contributed by atoms with van der Waals surface area (Å²) in [5.74, 6) is -1.33. The molecule has 0 amide bonds. The molecule has 0 aliphatic rings. The van der Waals surface area contributed by atoms with Crippen molar-refractivity contribution in [1.82, 2.24) is 9.97 Å². The predicted molar refractivity (Wildman–Crippen MR) is 122 cm³/mol. The zero-order chi connectivity index (χ0) is 21.6. The minimum Gasteiger partial charge on any atom is -0.236 e. The van der Waals surface area contributed by atoms with Crippen molar-refractivity contribution in [3.8, 4) is 11.4 Å². The molecule has 2 rings (SSSR count). The zero-order valence-corrected chi connectivity index (χ0v) is 18.9. The number of hydrogen-bond acceptors (Lipinski definition) is 2. The molecule has 0 atom stereocenters. The second kappa shape index (κ2) is 14.2. The van der Waals surface area contributed by atoms with Crippen LogP contribution in [0.25, 0.3) is 11.4 Å². The number of hydrogen-bond donors (Lipinski definition) is 0. The number of rotatable bonds is 15. The highest BCUT2D eigenvalue weighted by Crippen LogP contribution is 2.25. The van der Waals surface area contributed by atoms with E-state index in [1.54, 1.807) is 24.5 Å². The van der Waals surface area contributed by atoms with Crippen molar-refractivity contribution >= 4 is 0 Å². The largest absolute Gasteiger partial charge is 0.236 e. The van der Waals surface area contributed by atoms with E-state index < -0.39 is 11.6 Å². The van der Waals surface area contributed by atoms with Crippen molar-refractivity contribution in [3.63, 3.8) is 0 Å². The van der Waals surface area contributed by atoms with Gasteiger partial charge in [-0.15, -0.1) is 0 Å². The molecule has 0 bridgehead atoms. The fraction of sp³-hybridized carbons (Fsp3) is 0.615. The lowest BCUT2D eigenvalue weighted by molar-refractivity contribution is 0.497. The number of nitrogens with zero attached hydrogens (tertiary/aromatic N) is 2. The Balaban J connectivity index is 1.85. The Labute approximate surface area is 181 Å². The quantitative estimate of drug-likeness (QED) is 0.273. The van der Waals surface area contributed by atoms with E-state index in [0.29, 0.717) is 12.0 Å². The van der Waals surface area contributed by atoms with Crippen LogP contribution in [-0.4, -0.2) is 9.97 Å². The molecular formula is C26H38F2N2. The Bertz CT molecular complexity index is 729. The summed E-state index contributed by atoms with van der Waals surface area (Å²) in [6.07, 6.45) is 19.3. The summed E-state index contributed by atoms with van der Waals surface area (Å²) in [7, 11) is 0. The van der Waals surface area contributed by atoms with Gasteiger partial charge in [-0.2, -0.15) is 0 Å². The average molecular weight is 417 g/mol. The lowest BCUT2D eigenvalue weighted by Crippen LogP contribution is -2.00. The van der Waals surface area contributed by atoms with Crippen LogP contribution in [-0.2, 0) is 12.8 Å². The van der Waals surface area contributed by atoms with Crippen LogP contribution < -0.4 is 0 Å². The lowest BCUT2D eigenvalue weighted by Gasteiger charge is -2.08. The van der Waals surface area contributed by atoms with Gasteiger partial charge >= 0.3 is 0 Å². The smallest absolute Gasteiger partial charge is 0.170 e. The molecule has 0 saturated heterocycles. The molecule has 2 nitrogen and oxygen atoms in total. The molecule has 0 radical (unpaired) electrons. The molecule has 4 heteroatoms. The SMILES string of the molecule is CCCCCCCCCc1cnc(-c2ccc(CCCCCCC)c(F)c2F)nc1. The third-order valence-corrected chi connectivity index (χ3v) is 5.73. The van der Waals surface area contributed by atoms with Crippen molar-refractivity contribution in [3.05, 3.63) is 47.3 Å². The maximum atomic E-state index is 14.6. The number of aromatic nitrogens is 2. The van der Waals surface area contributed by atoms with Gasteiger partial charge in [-0.05, 0) is 42.9 Å². The first-order valence-electron chi connectivity index (χ1n) is 12.0. The predicted octanol–water partition coefficient (Wildman–Crippen LogP) is 8.23. The van der Waals surface area contributed by atoms with Crippen LogP contribution in [0.15, 0.2) is 24.5 Å². The molecule has 0 unspecified atom stereocenters. The maximum Gasteiger partial charge on any atom is 0.170 e. The number of aryl methyl sites for hydroxylation is 2. The third-order valence-electron chi connectivity index (χ3n) is 5.73. The number of benzene rings is 1. The van der Waals surface area contributed by atoms with Gasteiger partial charge in [0.15, 0.2) is 17.5 Å². The van der Waals surface area contributed by atoms with Gasteiger partial charge in [-0.3, -0.25) is 0 Å². The topological polar surface area (TPSA) is 25.8 Å². The first-order chi connectivity index (χ1) is 14.7. The number of unbranched alkanes of at least 4 members (excludes halogenated alkanes) is 10. The number of halogens is 2. The van der Waals surface area contributed by atoms with Crippen molar-refractivity contribution in [2.75, 3.05) is 0 Å². The zero-order valence-electron chi connectivity index (χ0n) is 18.9. The van der Waals surface area contributed by atoms with Crippen LogP contribution in [0.3, 0.4) is 0 Å². The highest BCUT2D eigenvalue weighted by atomic mass is 19.2. The summed E-state index contributed by atoms with van der Waals surface area (Å²) >= 11 is 0. The fourth-order valence-corrected chi connectivity index (χ4v) is 3.78. The Hall–Kier alpha value is -1.84. The fourth-order valence-electron chi connectivity index (χ4n) is 3.78. The normalized spacial score (nSPS) is 11.2. The van der Waals surface area contributed by atoms with Gasteiger partial charge < -0.3 is 0 Å². The molecular weight excluding hydrogens is 378 g/mol. The van der Waals surface area contributed by atoms with E-state index in [0.717, 1.165) is 37.7 Å². The highest BCUT2D eigenvalue weighted by Gasteiger charge is 2.16. The summed E-state index contributed by atoms with van der Waals surface area (Å²) < 4.78 is 29.1. The van der Waals surface area contributed by atoms with E-state index >= 15 is 0 Å². The van der Waals surface area contributed by atoms with E-state index in [4.69, 9.17) is 0 Å². The van der Waals surface area contributed by atoms with Crippen molar-refractivity contribution < 1.29 is 8.78 Å². The average Bonchev–Trinajstić information content (AvgIpc) is 2.76. The van der Waals surface area contributed by atoms with Crippen LogP contribution >= 0.6 is 0 Å². The lowest BCUT2D eigenvalue weighted by atomic mass is 10.0. The molecule has 0 spiro atoms. The Kier molecular flexibility index (Phi) is 11.6. The molecule has 1 aromatic heterocycles. The Morgan fingerprint density at radius 2 is 1.17 bits per heavy atom. The molecule has 1 aromatic carbocycles. The molecule has 166 valence electrons. The standard InChI is InChI=1S/C26H38F2N2/c1-3-5-7-9-10-12-13-15-21-19-29-26(30-20-21)23-18-17-22(24(27)25(23)28)16-14-11-8-6-4-2/h17-20H,3-16H2,1-2H3. The molecule has 2 aromatic rings. The molecule has 0 aliphatic carbocycles. The van der Waals surface area contributed by atoms with E-state index in [2.05, 4.69) is 23.8 Å². The second-order valence-corrected chi connectivity index (χ2v) is 8.35. The van der Waals surface area contributed by atoms with Gasteiger partial charge in [0.25, 0.3) is 0 Å². The Morgan fingerprint density at radius 3 is 1.77 bits per heavy atom. The molecule has 30 heavy (non-hydrogen) atoms.